The van der Waals surface area contributed by atoms with Gasteiger partial charge in [0.15, 0.2) is 0 Å². The molecule has 2 aliphatic heterocycles. The molecule has 0 spiro atoms. The van der Waals surface area contributed by atoms with Crippen molar-refractivity contribution < 1.29 is 9.59 Å². The van der Waals surface area contributed by atoms with Gasteiger partial charge in [0.2, 0.25) is 0 Å². The molecule has 24 heavy (non-hydrogen) atoms. The first-order chi connectivity index (χ1) is 11.0. The van der Waals surface area contributed by atoms with Crippen LogP contribution in [0, 0.1) is 0 Å². The van der Waals surface area contributed by atoms with Gasteiger partial charge in [-0.05, 0) is 60.4 Å². The van der Waals surface area contributed by atoms with Gasteiger partial charge >= 0.3 is 0 Å². The topological polar surface area (TPSA) is 52.6 Å². The summed E-state index contributed by atoms with van der Waals surface area (Å²) < 4.78 is 1.00. The summed E-state index contributed by atoms with van der Waals surface area (Å²) in [5.74, 6) is -0.321. The Hall–Kier alpha value is -1.02. The first-order valence-electron chi connectivity index (χ1n) is 7.40. The Bertz CT molecular complexity index is 696. The highest BCUT2D eigenvalue weighted by atomic mass is 79.9. The zero-order chi connectivity index (χ0) is 16.6. The molecular formula is C16H19BrClN3O2S. The van der Waals surface area contributed by atoms with Gasteiger partial charge in [-0.15, -0.1) is 12.4 Å². The first kappa shape index (κ1) is 19.3. The summed E-state index contributed by atoms with van der Waals surface area (Å²) in [4.78, 5) is 28.2. The number of likely N-dealkylation sites (N-methyl/N-ethyl adjacent to an activating group) is 1. The number of carbonyl (C=O) groups excluding carboxylic acids is 2. The van der Waals surface area contributed by atoms with E-state index in [1.54, 1.807) is 6.08 Å². The van der Waals surface area contributed by atoms with Crippen molar-refractivity contribution in [3.05, 3.63) is 33.1 Å². The maximum absolute atomic E-state index is 11.8. The van der Waals surface area contributed by atoms with E-state index < -0.39 is 0 Å². The molecular weight excluding hydrogens is 414 g/mol. The summed E-state index contributed by atoms with van der Waals surface area (Å²) in [5.41, 5.74) is 2.03. The molecule has 2 aliphatic rings. The summed E-state index contributed by atoms with van der Waals surface area (Å²) in [6.07, 6.45) is 2.91. The molecule has 1 unspecified atom stereocenters. The minimum atomic E-state index is -0.321. The molecule has 0 aliphatic carbocycles. The SMILES string of the molecule is CN(C)C1CCN(c2c(Br)cccc2C=C2SC(=O)NC2=O)C1.Cl. The number of amides is 2. The zero-order valence-corrected chi connectivity index (χ0v) is 16.6. The number of hydrogen-bond donors (Lipinski definition) is 1. The number of para-hydroxylation sites is 1. The van der Waals surface area contributed by atoms with Crippen LogP contribution < -0.4 is 10.2 Å². The number of halogens is 2. The standard InChI is InChI=1S/C16H18BrN3O2S.ClH/c1-19(2)11-6-7-20(9-11)14-10(4-3-5-12(14)17)8-13-15(21)18-16(22)23-13;/h3-5,8,11H,6-7,9H2,1-2H3,(H,18,21,22);1H. The van der Waals surface area contributed by atoms with Crippen LogP contribution in [-0.2, 0) is 4.79 Å². The van der Waals surface area contributed by atoms with Crippen LogP contribution in [0.5, 0.6) is 0 Å². The number of anilines is 1. The van der Waals surface area contributed by atoms with E-state index in [2.05, 4.69) is 45.1 Å². The van der Waals surface area contributed by atoms with Gasteiger partial charge < -0.3 is 9.80 Å². The molecule has 1 N–H and O–H groups in total. The highest BCUT2D eigenvalue weighted by Gasteiger charge is 2.28. The first-order valence-corrected chi connectivity index (χ1v) is 9.01. The van der Waals surface area contributed by atoms with E-state index in [0.717, 1.165) is 47.0 Å². The predicted octanol–water partition coefficient (Wildman–Crippen LogP) is 3.34. The molecule has 8 heteroatoms. The maximum Gasteiger partial charge on any atom is 0.290 e. The van der Waals surface area contributed by atoms with E-state index in [4.69, 9.17) is 0 Å². The number of hydrogen-bond acceptors (Lipinski definition) is 5. The van der Waals surface area contributed by atoms with Gasteiger partial charge in [0, 0.05) is 29.2 Å². The zero-order valence-electron chi connectivity index (χ0n) is 13.4. The summed E-state index contributed by atoms with van der Waals surface area (Å²) in [5, 5.41) is 1.98. The van der Waals surface area contributed by atoms with Crippen molar-refractivity contribution in [3.8, 4) is 0 Å². The van der Waals surface area contributed by atoms with Gasteiger partial charge in [-0.25, -0.2) is 0 Å². The molecule has 1 atom stereocenters. The third-order valence-electron chi connectivity index (χ3n) is 4.16. The second-order valence-electron chi connectivity index (χ2n) is 5.88. The van der Waals surface area contributed by atoms with Crippen molar-refractivity contribution >= 4 is 63.0 Å². The minimum Gasteiger partial charge on any atom is -0.369 e. The van der Waals surface area contributed by atoms with Crippen LogP contribution in [0.1, 0.15) is 12.0 Å². The van der Waals surface area contributed by atoms with Gasteiger partial charge in [0.25, 0.3) is 11.1 Å². The second-order valence-corrected chi connectivity index (χ2v) is 7.75. The monoisotopic (exact) mass is 431 g/mol. The Kier molecular flexibility index (Phi) is 6.36. The van der Waals surface area contributed by atoms with E-state index in [0.29, 0.717) is 10.9 Å². The lowest BCUT2D eigenvalue weighted by atomic mass is 10.1. The molecule has 0 radical (unpaired) electrons. The van der Waals surface area contributed by atoms with Crippen LogP contribution in [0.3, 0.4) is 0 Å². The van der Waals surface area contributed by atoms with Crippen molar-refractivity contribution in [2.75, 3.05) is 32.1 Å². The number of nitrogens with one attached hydrogen (secondary N) is 1. The summed E-state index contributed by atoms with van der Waals surface area (Å²) in [6, 6.07) is 6.45. The molecule has 3 rings (SSSR count). The molecule has 2 heterocycles. The average molecular weight is 433 g/mol. The van der Waals surface area contributed by atoms with E-state index in [1.165, 1.54) is 0 Å². The highest BCUT2D eigenvalue weighted by molar-refractivity contribution is 9.10. The van der Waals surface area contributed by atoms with Crippen molar-refractivity contribution in [1.29, 1.82) is 0 Å². The quantitative estimate of drug-likeness (QED) is 0.743. The molecule has 2 fully saturated rings. The Labute approximate surface area is 160 Å². The predicted molar refractivity (Wildman–Crippen MR) is 105 cm³/mol. The third kappa shape index (κ3) is 3.96. The lowest BCUT2D eigenvalue weighted by Gasteiger charge is -2.24. The summed E-state index contributed by atoms with van der Waals surface area (Å²) >= 11 is 4.58. The number of rotatable bonds is 3. The largest absolute Gasteiger partial charge is 0.369 e. The molecule has 1 aromatic rings. The van der Waals surface area contributed by atoms with Crippen LogP contribution in [-0.4, -0.2) is 49.3 Å². The van der Waals surface area contributed by atoms with E-state index in [9.17, 15) is 9.59 Å². The van der Waals surface area contributed by atoms with E-state index >= 15 is 0 Å². The van der Waals surface area contributed by atoms with E-state index in [-0.39, 0.29) is 23.6 Å². The van der Waals surface area contributed by atoms with Gasteiger partial charge in [-0.3, -0.25) is 14.9 Å². The normalized spacial score (nSPS) is 22.2. The lowest BCUT2D eigenvalue weighted by molar-refractivity contribution is -0.115. The number of benzene rings is 1. The Morgan fingerprint density at radius 3 is 2.71 bits per heavy atom. The molecule has 2 saturated heterocycles. The lowest BCUT2D eigenvalue weighted by Crippen LogP contribution is -2.31. The van der Waals surface area contributed by atoms with E-state index in [1.807, 2.05) is 18.2 Å². The van der Waals surface area contributed by atoms with Gasteiger partial charge in [0.1, 0.15) is 0 Å². The van der Waals surface area contributed by atoms with Crippen LogP contribution in [0.15, 0.2) is 27.6 Å². The van der Waals surface area contributed by atoms with Crippen LogP contribution in [0.4, 0.5) is 10.5 Å². The van der Waals surface area contributed by atoms with Crippen molar-refractivity contribution in [2.45, 2.75) is 12.5 Å². The van der Waals surface area contributed by atoms with Gasteiger partial charge in [-0.1, -0.05) is 12.1 Å². The molecule has 0 aromatic heterocycles. The fourth-order valence-electron chi connectivity index (χ4n) is 2.91. The fraction of sp³-hybridized carbons (Fsp3) is 0.375. The molecule has 0 bridgehead atoms. The Morgan fingerprint density at radius 1 is 1.38 bits per heavy atom. The molecule has 130 valence electrons. The highest BCUT2D eigenvalue weighted by Crippen LogP contribution is 2.36. The fourth-order valence-corrected chi connectivity index (χ4v) is 4.22. The average Bonchev–Trinajstić information content (AvgIpc) is 3.07. The van der Waals surface area contributed by atoms with Crippen LogP contribution in [0.25, 0.3) is 6.08 Å². The maximum atomic E-state index is 11.8. The summed E-state index contributed by atoms with van der Waals surface area (Å²) in [7, 11) is 4.20. The smallest absolute Gasteiger partial charge is 0.290 e. The van der Waals surface area contributed by atoms with Crippen molar-refractivity contribution in [1.82, 2.24) is 10.2 Å². The molecule has 5 nitrogen and oxygen atoms in total. The van der Waals surface area contributed by atoms with Gasteiger partial charge in [0.05, 0.1) is 10.6 Å². The minimum absolute atomic E-state index is 0. The molecule has 2 amide bonds. The van der Waals surface area contributed by atoms with Crippen LogP contribution in [0.2, 0.25) is 0 Å². The van der Waals surface area contributed by atoms with Crippen molar-refractivity contribution in [3.63, 3.8) is 0 Å². The number of nitrogens with zero attached hydrogens (tertiary/aromatic N) is 2. The number of thioether (sulfide) groups is 1. The van der Waals surface area contributed by atoms with Crippen molar-refractivity contribution in [2.24, 2.45) is 0 Å². The number of carbonyl (C=O) groups is 2. The molecule has 1 aromatic carbocycles. The molecule has 0 saturated carbocycles. The number of imide groups is 1. The third-order valence-corrected chi connectivity index (χ3v) is 5.61. The summed E-state index contributed by atoms with van der Waals surface area (Å²) in [6.45, 7) is 1.92. The van der Waals surface area contributed by atoms with Crippen LogP contribution >= 0.6 is 40.1 Å². The Morgan fingerprint density at radius 2 is 2.12 bits per heavy atom. The second kappa shape index (κ2) is 7.91. The van der Waals surface area contributed by atoms with Gasteiger partial charge in [-0.2, -0.15) is 0 Å². The Balaban J connectivity index is 0.00000208.